The maximum atomic E-state index is 6.02. The van der Waals surface area contributed by atoms with Gasteiger partial charge in [0.1, 0.15) is 0 Å². The molecule has 0 spiro atoms. The molecule has 0 radical (unpaired) electrons. The molecule has 2 aromatic rings. The number of hydrogen-bond donors (Lipinski definition) is 1. The standard InChI is InChI=1S/C10H13N5O/c1-15-6-7(5-12-15)10(11)8-3-4-9(16-2)14-13-8/h3-6,10H,11H2,1-2H3. The fraction of sp³-hybridized carbons (Fsp3) is 0.300. The molecule has 1 unspecified atom stereocenters. The Balaban J connectivity index is 2.23. The number of hydrogen-bond acceptors (Lipinski definition) is 5. The van der Waals surface area contributed by atoms with Crippen LogP contribution in [0.1, 0.15) is 17.3 Å². The van der Waals surface area contributed by atoms with Gasteiger partial charge in [0.15, 0.2) is 0 Å². The number of nitrogens with zero attached hydrogens (tertiary/aromatic N) is 4. The molecular formula is C10H13N5O. The molecule has 0 fully saturated rings. The van der Waals surface area contributed by atoms with Gasteiger partial charge in [-0.25, -0.2) is 0 Å². The molecule has 1 atom stereocenters. The quantitative estimate of drug-likeness (QED) is 0.801. The molecule has 6 heteroatoms. The first-order valence-electron chi connectivity index (χ1n) is 4.82. The largest absolute Gasteiger partial charge is 0.480 e. The maximum absolute atomic E-state index is 6.02. The number of aryl methyl sites for hydroxylation is 1. The highest BCUT2D eigenvalue weighted by atomic mass is 16.5. The summed E-state index contributed by atoms with van der Waals surface area (Å²) < 4.78 is 6.63. The van der Waals surface area contributed by atoms with Crippen LogP contribution in [-0.2, 0) is 7.05 Å². The van der Waals surface area contributed by atoms with Gasteiger partial charge in [0, 0.05) is 24.9 Å². The van der Waals surface area contributed by atoms with Crippen molar-refractivity contribution in [1.82, 2.24) is 20.0 Å². The molecule has 2 aromatic heterocycles. The Hall–Kier alpha value is -1.95. The molecule has 84 valence electrons. The SMILES string of the molecule is COc1ccc(C(N)c2cnn(C)c2)nn1. The minimum Gasteiger partial charge on any atom is -0.480 e. The number of rotatable bonds is 3. The first-order chi connectivity index (χ1) is 7.70. The highest BCUT2D eigenvalue weighted by Crippen LogP contribution is 2.17. The van der Waals surface area contributed by atoms with Crippen LogP contribution in [0.3, 0.4) is 0 Å². The Labute approximate surface area is 93.1 Å². The molecule has 0 saturated carbocycles. The van der Waals surface area contributed by atoms with Crippen LogP contribution in [0.25, 0.3) is 0 Å². The molecule has 2 heterocycles. The average Bonchev–Trinajstić information content (AvgIpc) is 2.75. The molecule has 2 N–H and O–H groups in total. The summed E-state index contributed by atoms with van der Waals surface area (Å²) in [5.41, 5.74) is 7.62. The molecule has 0 aliphatic rings. The Morgan fingerprint density at radius 3 is 2.69 bits per heavy atom. The zero-order valence-corrected chi connectivity index (χ0v) is 9.16. The monoisotopic (exact) mass is 219 g/mol. The Bertz CT molecular complexity index is 464. The predicted octanol–water partition coefficient (Wildman–Crippen LogP) is 0.267. The van der Waals surface area contributed by atoms with Crippen molar-refractivity contribution in [3.63, 3.8) is 0 Å². The molecule has 6 nitrogen and oxygen atoms in total. The third-order valence-corrected chi connectivity index (χ3v) is 2.27. The Morgan fingerprint density at radius 2 is 2.19 bits per heavy atom. The van der Waals surface area contributed by atoms with E-state index in [0.29, 0.717) is 11.6 Å². The van der Waals surface area contributed by atoms with E-state index in [4.69, 9.17) is 10.5 Å². The lowest BCUT2D eigenvalue weighted by Gasteiger charge is -2.07. The van der Waals surface area contributed by atoms with Gasteiger partial charge in [-0.2, -0.15) is 5.10 Å². The lowest BCUT2D eigenvalue weighted by Crippen LogP contribution is -2.13. The summed E-state index contributed by atoms with van der Waals surface area (Å²) in [5.74, 6) is 0.474. The second-order valence-electron chi connectivity index (χ2n) is 3.43. The zero-order valence-electron chi connectivity index (χ0n) is 9.16. The van der Waals surface area contributed by atoms with Gasteiger partial charge in [-0.3, -0.25) is 4.68 Å². The van der Waals surface area contributed by atoms with Crippen LogP contribution in [-0.4, -0.2) is 27.1 Å². The van der Waals surface area contributed by atoms with Gasteiger partial charge < -0.3 is 10.5 Å². The van der Waals surface area contributed by atoms with Crippen molar-refractivity contribution in [1.29, 1.82) is 0 Å². The van der Waals surface area contributed by atoms with E-state index in [-0.39, 0.29) is 6.04 Å². The van der Waals surface area contributed by atoms with E-state index >= 15 is 0 Å². The van der Waals surface area contributed by atoms with Crippen LogP contribution in [0.2, 0.25) is 0 Å². The fourth-order valence-electron chi connectivity index (χ4n) is 1.38. The van der Waals surface area contributed by atoms with Crippen LogP contribution in [0, 0.1) is 0 Å². The van der Waals surface area contributed by atoms with E-state index in [2.05, 4.69) is 15.3 Å². The van der Waals surface area contributed by atoms with Crippen LogP contribution < -0.4 is 10.5 Å². The van der Waals surface area contributed by atoms with Crippen molar-refractivity contribution < 1.29 is 4.74 Å². The Kier molecular flexibility index (Phi) is 2.82. The minimum atomic E-state index is -0.313. The van der Waals surface area contributed by atoms with Crippen LogP contribution in [0.4, 0.5) is 0 Å². The third-order valence-electron chi connectivity index (χ3n) is 2.27. The molecule has 0 aliphatic heterocycles. The van der Waals surface area contributed by atoms with Crippen molar-refractivity contribution in [3.05, 3.63) is 35.8 Å². The smallest absolute Gasteiger partial charge is 0.233 e. The molecule has 0 bridgehead atoms. The van der Waals surface area contributed by atoms with Gasteiger partial charge in [0.25, 0.3) is 0 Å². The predicted molar refractivity (Wildman–Crippen MR) is 57.8 cm³/mol. The van der Waals surface area contributed by atoms with Crippen molar-refractivity contribution in [2.45, 2.75) is 6.04 Å². The number of methoxy groups -OCH3 is 1. The summed E-state index contributed by atoms with van der Waals surface area (Å²) in [4.78, 5) is 0. The number of ether oxygens (including phenoxy) is 1. The maximum Gasteiger partial charge on any atom is 0.233 e. The van der Waals surface area contributed by atoms with Gasteiger partial charge in [0.2, 0.25) is 5.88 Å². The summed E-state index contributed by atoms with van der Waals surface area (Å²) in [6, 6.07) is 3.22. The van der Waals surface area contributed by atoms with E-state index in [1.54, 1.807) is 30.1 Å². The topological polar surface area (TPSA) is 78.9 Å². The molecule has 0 aliphatic carbocycles. The molecule has 0 aromatic carbocycles. The van der Waals surface area contributed by atoms with Crippen molar-refractivity contribution in [3.8, 4) is 5.88 Å². The van der Waals surface area contributed by atoms with E-state index < -0.39 is 0 Å². The third kappa shape index (κ3) is 2.01. The van der Waals surface area contributed by atoms with E-state index in [9.17, 15) is 0 Å². The highest BCUT2D eigenvalue weighted by molar-refractivity contribution is 5.23. The average molecular weight is 219 g/mol. The van der Waals surface area contributed by atoms with E-state index in [0.717, 1.165) is 5.56 Å². The minimum absolute atomic E-state index is 0.313. The first-order valence-corrected chi connectivity index (χ1v) is 4.82. The highest BCUT2D eigenvalue weighted by Gasteiger charge is 2.12. The summed E-state index contributed by atoms with van der Waals surface area (Å²) >= 11 is 0. The van der Waals surface area contributed by atoms with Crippen molar-refractivity contribution in [2.24, 2.45) is 12.8 Å². The van der Waals surface area contributed by atoms with Crippen molar-refractivity contribution in [2.75, 3.05) is 7.11 Å². The van der Waals surface area contributed by atoms with Gasteiger partial charge in [0.05, 0.1) is 25.0 Å². The van der Waals surface area contributed by atoms with E-state index in [1.807, 2.05) is 13.2 Å². The second kappa shape index (κ2) is 4.28. The summed E-state index contributed by atoms with van der Waals surface area (Å²) in [7, 11) is 3.39. The van der Waals surface area contributed by atoms with Crippen molar-refractivity contribution >= 4 is 0 Å². The summed E-state index contributed by atoms with van der Waals surface area (Å²) in [6.45, 7) is 0. The molecule has 16 heavy (non-hydrogen) atoms. The van der Waals surface area contributed by atoms with Gasteiger partial charge in [-0.1, -0.05) is 0 Å². The van der Waals surface area contributed by atoms with Crippen LogP contribution in [0.5, 0.6) is 5.88 Å². The summed E-state index contributed by atoms with van der Waals surface area (Å²) in [6.07, 6.45) is 3.58. The molecular weight excluding hydrogens is 206 g/mol. The molecule has 0 amide bonds. The van der Waals surface area contributed by atoms with E-state index in [1.165, 1.54) is 0 Å². The first kappa shape index (κ1) is 10.6. The molecule has 2 rings (SSSR count). The normalized spacial score (nSPS) is 12.4. The fourth-order valence-corrected chi connectivity index (χ4v) is 1.38. The van der Waals surface area contributed by atoms with Gasteiger partial charge in [-0.05, 0) is 6.07 Å². The lowest BCUT2D eigenvalue weighted by atomic mass is 10.1. The molecule has 0 saturated heterocycles. The Morgan fingerprint density at radius 1 is 1.38 bits per heavy atom. The van der Waals surface area contributed by atoms with Gasteiger partial charge in [-0.15, -0.1) is 10.2 Å². The second-order valence-corrected chi connectivity index (χ2v) is 3.43. The van der Waals surface area contributed by atoms with Crippen LogP contribution in [0.15, 0.2) is 24.5 Å². The number of aromatic nitrogens is 4. The zero-order chi connectivity index (χ0) is 11.5. The summed E-state index contributed by atoms with van der Waals surface area (Å²) in [5, 5.41) is 11.9. The van der Waals surface area contributed by atoms with Crippen LogP contribution >= 0.6 is 0 Å². The lowest BCUT2D eigenvalue weighted by molar-refractivity contribution is 0.390. The number of nitrogens with two attached hydrogens (primary N) is 1. The van der Waals surface area contributed by atoms with Gasteiger partial charge >= 0.3 is 0 Å².